The number of morpholine rings is 1. The van der Waals surface area contributed by atoms with Gasteiger partial charge in [0.15, 0.2) is 0 Å². The molecule has 0 unspecified atom stereocenters. The lowest BCUT2D eigenvalue weighted by atomic mass is 10.1. The van der Waals surface area contributed by atoms with Gasteiger partial charge in [-0.3, -0.25) is 4.79 Å². The standard InChI is InChI=1S/C24H25N3O4S2/c28-23(25-19-7-4-8-20(15-19)33(29,30)26-18-9-10-18)22-16-21(17-5-2-1-3-6-17)24(32-22)27-11-13-31-14-12-27/h1-8,15-16,18,26H,9-14H2,(H,25,28). The van der Waals surface area contributed by atoms with E-state index in [9.17, 15) is 13.2 Å². The molecular formula is C24H25N3O4S2. The third-order valence-electron chi connectivity index (χ3n) is 5.62. The Labute approximate surface area is 197 Å². The zero-order chi connectivity index (χ0) is 22.8. The summed E-state index contributed by atoms with van der Waals surface area (Å²) in [4.78, 5) is 16.1. The van der Waals surface area contributed by atoms with Crippen LogP contribution in [0.3, 0.4) is 0 Å². The van der Waals surface area contributed by atoms with Gasteiger partial charge in [-0.15, -0.1) is 11.3 Å². The largest absolute Gasteiger partial charge is 0.378 e. The molecule has 5 rings (SSSR count). The molecule has 0 atom stereocenters. The molecule has 0 bridgehead atoms. The van der Waals surface area contributed by atoms with Gasteiger partial charge in [0, 0.05) is 30.4 Å². The van der Waals surface area contributed by atoms with Crippen LogP contribution in [0.2, 0.25) is 0 Å². The molecule has 1 aromatic heterocycles. The number of rotatable bonds is 7. The zero-order valence-corrected chi connectivity index (χ0v) is 19.6. The molecule has 2 fully saturated rings. The summed E-state index contributed by atoms with van der Waals surface area (Å²) in [7, 11) is -3.59. The third-order valence-corrected chi connectivity index (χ3v) is 8.33. The van der Waals surface area contributed by atoms with Gasteiger partial charge in [0.05, 0.1) is 28.0 Å². The second-order valence-corrected chi connectivity index (χ2v) is 10.9. The zero-order valence-electron chi connectivity index (χ0n) is 18.0. The Bertz CT molecular complexity index is 1250. The van der Waals surface area contributed by atoms with Gasteiger partial charge in [-0.2, -0.15) is 0 Å². The van der Waals surface area contributed by atoms with Gasteiger partial charge < -0.3 is 15.0 Å². The lowest BCUT2D eigenvalue weighted by Crippen LogP contribution is -2.35. The van der Waals surface area contributed by atoms with Crippen molar-refractivity contribution in [3.05, 3.63) is 65.5 Å². The fraction of sp³-hybridized carbons (Fsp3) is 0.292. The first kappa shape index (κ1) is 22.1. The van der Waals surface area contributed by atoms with Gasteiger partial charge in [-0.25, -0.2) is 13.1 Å². The van der Waals surface area contributed by atoms with Crippen LogP contribution in [0.25, 0.3) is 11.1 Å². The number of hydrogen-bond acceptors (Lipinski definition) is 6. The maximum Gasteiger partial charge on any atom is 0.265 e. The number of thiophene rings is 1. The van der Waals surface area contributed by atoms with Crippen molar-refractivity contribution < 1.29 is 17.9 Å². The minimum absolute atomic E-state index is 0.0226. The van der Waals surface area contributed by atoms with Crippen molar-refractivity contribution in [2.75, 3.05) is 36.5 Å². The van der Waals surface area contributed by atoms with Gasteiger partial charge in [-0.05, 0) is 42.7 Å². The van der Waals surface area contributed by atoms with E-state index in [0.717, 1.165) is 42.1 Å². The summed E-state index contributed by atoms with van der Waals surface area (Å²) in [5, 5.41) is 3.91. The molecule has 3 aromatic rings. The molecule has 1 aliphatic carbocycles. The predicted molar refractivity (Wildman–Crippen MR) is 131 cm³/mol. The van der Waals surface area contributed by atoms with Gasteiger partial charge in [0.25, 0.3) is 5.91 Å². The summed E-state index contributed by atoms with van der Waals surface area (Å²) in [6.45, 7) is 2.86. The first-order valence-corrected chi connectivity index (χ1v) is 13.3. The first-order valence-electron chi connectivity index (χ1n) is 11.0. The fourth-order valence-electron chi connectivity index (χ4n) is 3.74. The molecule has 2 aliphatic rings. The van der Waals surface area contributed by atoms with Crippen LogP contribution in [-0.2, 0) is 14.8 Å². The normalized spacial score (nSPS) is 16.5. The van der Waals surface area contributed by atoms with Gasteiger partial charge in [0.1, 0.15) is 0 Å². The molecular weight excluding hydrogens is 458 g/mol. The highest BCUT2D eigenvalue weighted by Gasteiger charge is 2.28. The quantitative estimate of drug-likeness (QED) is 0.531. The summed E-state index contributed by atoms with van der Waals surface area (Å²) >= 11 is 1.44. The van der Waals surface area contributed by atoms with Crippen molar-refractivity contribution >= 4 is 38.0 Å². The number of carbonyl (C=O) groups is 1. The number of carbonyl (C=O) groups excluding carboxylic acids is 1. The minimum atomic E-state index is -3.59. The van der Waals surface area contributed by atoms with Crippen LogP contribution in [-0.4, -0.2) is 46.7 Å². The van der Waals surface area contributed by atoms with Crippen LogP contribution in [0.1, 0.15) is 22.5 Å². The van der Waals surface area contributed by atoms with Crippen LogP contribution in [0.4, 0.5) is 10.7 Å². The fourth-order valence-corrected chi connectivity index (χ4v) is 6.22. The molecule has 0 spiro atoms. The van der Waals surface area contributed by atoms with Crippen LogP contribution >= 0.6 is 11.3 Å². The molecule has 1 saturated carbocycles. The van der Waals surface area contributed by atoms with E-state index >= 15 is 0 Å². The molecule has 1 amide bonds. The number of sulfonamides is 1. The topological polar surface area (TPSA) is 87.7 Å². The van der Waals surface area contributed by atoms with Crippen LogP contribution in [0.5, 0.6) is 0 Å². The minimum Gasteiger partial charge on any atom is -0.378 e. The lowest BCUT2D eigenvalue weighted by Gasteiger charge is -2.28. The number of amides is 1. The summed E-state index contributed by atoms with van der Waals surface area (Å²) in [6, 6.07) is 18.3. The first-order chi connectivity index (χ1) is 16.0. The molecule has 9 heteroatoms. The third kappa shape index (κ3) is 5.11. The SMILES string of the molecule is O=C(Nc1cccc(S(=O)(=O)NC2CC2)c1)c1cc(-c2ccccc2)c(N2CCOCC2)s1. The van der Waals surface area contributed by atoms with Crippen molar-refractivity contribution in [1.29, 1.82) is 0 Å². The summed E-state index contributed by atoms with van der Waals surface area (Å²) in [5.41, 5.74) is 2.51. The number of nitrogens with one attached hydrogen (secondary N) is 2. The van der Waals surface area contributed by atoms with Crippen LogP contribution in [0.15, 0.2) is 65.6 Å². The number of hydrogen-bond donors (Lipinski definition) is 2. The van der Waals surface area contributed by atoms with E-state index in [2.05, 4.69) is 14.9 Å². The van der Waals surface area contributed by atoms with E-state index in [-0.39, 0.29) is 16.8 Å². The maximum atomic E-state index is 13.1. The Balaban J connectivity index is 1.41. The molecule has 33 heavy (non-hydrogen) atoms. The Morgan fingerprint density at radius 3 is 2.48 bits per heavy atom. The second-order valence-electron chi connectivity index (χ2n) is 8.17. The Morgan fingerprint density at radius 1 is 1.00 bits per heavy atom. The van der Waals surface area contributed by atoms with Gasteiger partial charge in [-0.1, -0.05) is 36.4 Å². The van der Waals surface area contributed by atoms with Crippen molar-refractivity contribution in [3.63, 3.8) is 0 Å². The molecule has 172 valence electrons. The highest BCUT2D eigenvalue weighted by molar-refractivity contribution is 7.89. The van der Waals surface area contributed by atoms with Crippen LogP contribution in [0, 0.1) is 0 Å². The Morgan fingerprint density at radius 2 is 1.76 bits per heavy atom. The molecule has 2 N–H and O–H groups in total. The van der Waals surface area contributed by atoms with Crippen LogP contribution < -0.4 is 14.9 Å². The second kappa shape index (κ2) is 9.26. The van der Waals surface area contributed by atoms with Crippen molar-refractivity contribution in [3.8, 4) is 11.1 Å². The summed E-state index contributed by atoms with van der Waals surface area (Å²) in [5.74, 6) is -0.263. The Hall–Kier alpha value is -2.72. The highest BCUT2D eigenvalue weighted by Crippen LogP contribution is 2.39. The number of nitrogens with zero attached hydrogens (tertiary/aromatic N) is 1. The summed E-state index contributed by atoms with van der Waals surface area (Å²) < 4.78 is 33.2. The average Bonchev–Trinajstić information content (AvgIpc) is 3.52. The molecule has 1 aliphatic heterocycles. The monoisotopic (exact) mass is 483 g/mol. The van der Waals surface area contributed by atoms with E-state index < -0.39 is 10.0 Å². The number of benzene rings is 2. The van der Waals surface area contributed by atoms with Crippen molar-refractivity contribution in [1.82, 2.24) is 4.72 Å². The molecule has 2 aromatic carbocycles. The molecule has 7 nitrogen and oxygen atoms in total. The van der Waals surface area contributed by atoms with Gasteiger partial charge >= 0.3 is 0 Å². The maximum absolute atomic E-state index is 13.1. The number of anilines is 2. The predicted octanol–water partition coefficient (Wildman–Crippen LogP) is 3.94. The smallest absolute Gasteiger partial charge is 0.265 e. The summed E-state index contributed by atoms with van der Waals surface area (Å²) in [6.07, 6.45) is 1.73. The van der Waals surface area contributed by atoms with Crippen molar-refractivity contribution in [2.45, 2.75) is 23.8 Å². The van der Waals surface area contributed by atoms with E-state index in [1.165, 1.54) is 23.5 Å². The van der Waals surface area contributed by atoms with Crippen molar-refractivity contribution in [2.24, 2.45) is 0 Å². The van der Waals surface area contributed by atoms with E-state index in [1.54, 1.807) is 12.1 Å². The van der Waals surface area contributed by atoms with E-state index in [1.807, 2.05) is 36.4 Å². The van der Waals surface area contributed by atoms with Gasteiger partial charge in [0.2, 0.25) is 10.0 Å². The highest BCUT2D eigenvalue weighted by atomic mass is 32.2. The van der Waals surface area contributed by atoms with E-state index in [4.69, 9.17) is 4.74 Å². The molecule has 2 heterocycles. The van der Waals surface area contributed by atoms with E-state index in [0.29, 0.717) is 23.8 Å². The lowest BCUT2D eigenvalue weighted by molar-refractivity contribution is 0.103. The molecule has 1 saturated heterocycles. The average molecular weight is 484 g/mol. The molecule has 0 radical (unpaired) electrons. The number of ether oxygens (including phenoxy) is 1. The Kier molecular flexibility index (Phi) is 6.20.